The van der Waals surface area contributed by atoms with Gasteiger partial charge in [0.1, 0.15) is 5.82 Å². The lowest BCUT2D eigenvalue weighted by molar-refractivity contribution is -0.113. The Bertz CT molecular complexity index is 1110. The molecule has 0 aliphatic rings. The average Bonchev–Trinajstić information content (AvgIpc) is 3.20. The standard InChI is InChI=1S/C20H17FN4O4S2/c1-2-29-18(28)14-8-3-4-9-15(14)22-16(26)11-30-20-25-24-19(31-20)23-17(27)12-6-5-7-13(21)10-12/h3-10H,2,11H2,1H3,(H,22,26)(H,23,24,27). The molecule has 0 unspecified atom stereocenters. The van der Waals surface area contributed by atoms with Crippen molar-refractivity contribution in [2.24, 2.45) is 0 Å². The Balaban J connectivity index is 1.54. The molecule has 0 atom stereocenters. The van der Waals surface area contributed by atoms with Gasteiger partial charge in [-0.1, -0.05) is 41.3 Å². The van der Waals surface area contributed by atoms with Crippen molar-refractivity contribution in [2.75, 3.05) is 23.0 Å². The van der Waals surface area contributed by atoms with Gasteiger partial charge in [0.2, 0.25) is 11.0 Å². The number of halogens is 1. The van der Waals surface area contributed by atoms with Crippen molar-refractivity contribution < 1.29 is 23.5 Å². The molecule has 8 nitrogen and oxygen atoms in total. The summed E-state index contributed by atoms with van der Waals surface area (Å²) in [7, 11) is 0. The van der Waals surface area contributed by atoms with Crippen molar-refractivity contribution in [1.29, 1.82) is 0 Å². The van der Waals surface area contributed by atoms with E-state index in [2.05, 4.69) is 20.8 Å². The fourth-order valence-corrected chi connectivity index (χ4v) is 3.96. The minimum atomic E-state index is -0.520. The molecule has 3 aromatic rings. The molecule has 1 aromatic heterocycles. The van der Waals surface area contributed by atoms with Crippen LogP contribution in [0.2, 0.25) is 0 Å². The van der Waals surface area contributed by atoms with Gasteiger partial charge in [-0.2, -0.15) is 0 Å². The number of anilines is 2. The summed E-state index contributed by atoms with van der Waals surface area (Å²) in [6.45, 7) is 1.93. The lowest BCUT2D eigenvalue weighted by atomic mass is 10.2. The zero-order valence-corrected chi connectivity index (χ0v) is 17.9. The van der Waals surface area contributed by atoms with Crippen LogP contribution in [-0.4, -0.2) is 40.3 Å². The first kappa shape index (κ1) is 22.4. The molecule has 0 bridgehead atoms. The summed E-state index contributed by atoms with van der Waals surface area (Å²) in [5.74, 6) is -1.88. The summed E-state index contributed by atoms with van der Waals surface area (Å²) < 4.78 is 18.7. The number of benzene rings is 2. The highest BCUT2D eigenvalue weighted by molar-refractivity contribution is 8.01. The highest BCUT2D eigenvalue weighted by Crippen LogP contribution is 2.26. The number of amides is 2. The van der Waals surface area contributed by atoms with E-state index in [1.54, 1.807) is 31.2 Å². The first-order valence-electron chi connectivity index (χ1n) is 9.05. The molecule has 0 spiro atoms. The van der Waals surface area contributed by atoms with Gasteiger partial charge in [0.15, 0.2) is 4.34 Å². The fraction of sp³-hybridized carbons (Fsp3) is 0.150. The summed E-state index contributed by atoms with van der Waals surface area (Å²) >= 11 is 2.21. The average molecular weight is 461 g/mol. The summed E-state index contributed by atoms with van der Waals surface area (Å²) in [4.78, 5) is 36.4. The van der Waals surface area contributed by atoms with E-state index >= 15 is 0 Å². The number of rotatable bonds is 8. The van der Waals surface area contributed by atoms with Gasteiger partial charge in [0.05, 0.1) is 23.6 Å². The number of nitrogens with one attached hydrogen (secondary N) is 2. The number of para-hydroxylation sites is 1. The molecule has 11 heteroatoms. The van der Waals surface area contributed by atoms with Gasteiger partial charge in [-0.05, 0) is 37.3 Å². The molecule has 1 heterocycles. The van der Waals surface area contributed by atoms with Crippen LogP contribution in [0.1, 0.15) is 27.6 Å². The smallest absolute Gasteiger partial charge is 0.340 e. The molecule has 0 aliphatic heterocycles. The highest BCUT2D eigenvalue weighted by Gasteiger charge is 2.15. The molecular formula is C20H17FN4O4S2. The molecule has 2 aromatic carbocycles. The Labute approximate surface area is 185 Å². The Morgan fingerprint density at radius 3 is 2.68 bits per heavy atom. The van der Waals surface area contributed by atoms with Crippen LogP contribution in [0.3, 0.4) is 0 Å². The Hall–Kier alpha value is -3.31. The number of carbonyl (C=O) groups is 3. The number of hydrogen-bond donors (Lipinski definition) is 2. The quantitative estimate of drug-likeness (QED) is 0.299. The van der Waals surface area contributed by atoms with Gasteiger partial charge in [0, 0.05) is 5.56 Å². The van der Waals surface area contributed by atoms with Gasteiger partial charge in [-0.25, -0.2) is 9.18 Å². The molecule has 31 heavy (non-hydrogen) atoms. The zero-order valence-electron chi connectivity index (χ0n) is 16.3. The van der Waals surface area contributed by atoms with Crippen molar-refractivity contribution in [3.05, 3.63) is 65.5 Å². The topological polar surface area (TPSA) is 110 Å². The minimum absolute atomic E-state index is 0.0175. The lowest BCUT2D eigenvalue weighted by Gasteiger charge is -2.09. The second-order valence-electron chi connectivity index (χ2n) is 5.94. The maximum Gasteiger partial charge on any atom is 0.340 e. The summed E-state index contributed by atoms with van der Waals surface area (Å²) in [6.07, 6.45) is 0. The van der Waals surface area contributed by atoms with E-state index < -0.39 is 17.7 Å². The van der Waals surface area contributed by atoms with Crippen LogP contribution in [0, 0.1) is 5.82 Å². The van der Waals surface area contributed by atoms with E-state index in [0.717, 1.165) is 29.2 Å². The summed E-state index contributed by atoms with van der Waals surface area (Å²) in [6, 6.07) is 11.8. The first-order valence-corrected chi connectivity index (χ1v) is 10.9. The van der Waals surface area contributed by atoms with Gasteiger partial charge in [0.25, 0.3) is 5.91 Å². The second kappa shape index (κ2) is 10.6. The number of nitrogens with zero attached hydrogens (tertiary/aromatic N) is 2. The number of hydrogen-bond acceptors (Lipinski definition) is 8. The highest BCUT2D eigenvalue weighted by atomic mass is 32.2. The maximum absolute atomic E-state index is 13.2. The zero-order chi connectivity index (χ0) is 22.2. The largest absolute Gasteiger partial charge is 0.462 e. The van der Waals surface area contributed by atoms with Crippen LogP contribution in [-0.2, 0) is 9.53 Å². The SMILES string of the molecule is CCOC(=O)c1ccccc1NC(=O)CSc1nnc(NC(=O)c2cccc(F)c2)s1. The normalized spacial score (nSPS) is 10.4. The van der Waals surface area contributed by atoms with E-state index in [-0.39, 0.29) is 34.5 Å². The third-order valence-electron chi connectivity index (χ3n) is 3.74. The van der Waals surface area contributed by atoms with E-state index in [4.69, 9.17) is 4.74 Å². The molecule has 0 aliphatic carbocycles. The Morgan fingerprint density at radius 1 is 1.10 bits per heavy atom. The molecule has 2 N–H and O–H groups in total. The Morgan fingerprint density at radius 2 is 1.90 bits per heavy atom. The van der Waals surface area contributed by atoms with Gasteiger partial charge < -0.3 is 10.1 Å². The molecule has 0 fully saturated rings. The molecule has 3 rings (SSSR count). The molecule has 2 amide bonds. The Kier molecular flexibility index (Phi) is 7.68. The fourth-order valence-electron chi connectivity index (χ4n) is 2.41. The minimum Gasteiger partial charge on any atom is -0.462 e. The predicted molar refractivity (Wildman–Crippen MR) is 116 cm³/mol. The molecule has 0 saturated carbocycles. The second-order valence-corrected chi connectivity index (χ2v) is 8.14. The molecule has 0 saturated heterocycles. The summed E-state index contributed by atoms with van der Waals surface area (Å²) in [5, 5.41) is 13.2. The van der Waals surface area contributed by atoms with Crippen LogP contribution in [0.15, 0.2) is 52.9 Å². The number of ether oxygens (including phenoxy) is 1. The van der Waals surface area contributed by atoms with Crippen molar-refractivity contribution in [2.45, 2.75) is 11.3 Å². The number of thioether (sulfide) groups is 1. The molecule has 0 radical (unpaired) electrons. The van der Waals surface area contributed by atoms with Crippen molar-refractivity contribution >= 4 is 51.7 Å². The third kappa shape index (κ3) is 6.33. The van der Waals surface area contributed by atoms with Crippen molar-refractivity contribution in [1.82, 2.24) is 10.2 Å². The van der Waals surface area contributed by atoms with Crippen LogP contribution in [0.4, 0.5) is 15.2 Å². The number of aromatic nitrogens is 2. The van der Waals surface area contributed by atoms with Crippen molar-refractivity contribution in [3.8, 4) is 0 Å². The van der Waals surface area contributed by atoms with Gasteiger partial charge in [-0.3, -0.25) is 14.9 Å². The van der Waals surface area contributed by atoms with E-state index in [9.17, 15) is 18.8 Å². The van der Waals surface area contributed by atoms with Crippen LogP contribution >= 0.6 is 23.1 Å². The van der Waals surface area contributed by atoms with E-state index in [1.165, 1.54) is 18.2 Å². The van der Waals surface area contributed by atoms with E-state index in [0.29, 0.717) is 10.0 Å². The monoisotopic (exact) mass is 460 g/mol. The lowest BCUT2D eigenvalue weighted by Crippen LogP contribution is -2.17. The van der Waals surface area contributed by atoms with Crippen LogP contribution in [0.25, 0.3) is 0 Å². The molecular weight excluding hydrogens is 443 g/mol. The van der Waals surface area contributed by atoms with Crippen LogP contribution in [0.5, 0.6) is 0 Å². The van der Waals surface area contributed by atoms with E-state index in [1.807, 2.05) is 0 Å². The van der Waals surface area contributed by atoms with Crippen molar-refractivity contribution in [3.63, 3.8) is 0 Å². The predicted octanol–water partition coefficient (Wildman–Crippen LogP) is 3.84. The first-order chi connectivity index (χ1) is 15.0. The van der Waals surface area contributed by atoms with Gasteiger partial charge >= 0.3 is 5.97 Å². The third-order valence-corrected chi connectivity index (χ3v) is 5.71. The van der Waals surface area contributed by atoms with Crippen LogP contribution < -0.4 is 10.6 Å². The maximum atomic E-state index is 13.2. The number of esters is 1. The number of carbonyl (C=O) groups excluding carboxylic acids is 3. The molecule has 160 valence electrons. The summed E-state index contributed by atoms with van der Waals surface area (Å²) in [5.41, 5.74) is 0.775. The van der Waals surface area contributed by atoms with Gasteiger partial charge in [-0.15, -0.1) is 10.2 Å².